The van der Waals surface area contributed by atoms with Crippen molar-refractivity contribution in [1.29, 1.82) is 0 Å². The van der Waals surface area contributed by atoms with E-state index in [-0.39, 0.29) is 0 Å². The van der Waals surface area contributed by atoms with E-state index in [0.717, 1.165) is 23.0 Å². The van der Waals surface area contributed by atoms with E-state index >= 15 is 0 Å². The molecule has 1 aromatic heterocycles. The van der Waals surface area contributed by atoms with Crippen LogP contribution in [-0.2, 0) is 5.54 Å². The van der Waals surface area contributed by atoms with Gasteiger partial charge in [0.1, 0.15) is 11.2 Å². The van der Waals surface area contributed by atoms with Crippen LogP contribution in [0.25, 0.3) is 0 Å². The summed E-state index contributed by atoms with van der Waals surface area (Å²) in [6.45, 7) is 0. The molecule has 0 saturated carbocycles. The van der Waals surface area contributed by atoms with Gasteiger partial charge in [-0.25, -0.2) is 4.98 Å². The highest BCUT2D eigenvalue weighted by Crippen LogP contribution is 2.41. The standard InChI is InChI=1S/C23H18N2O/c26-17-22-16-24-18-25(22)23(19-10-4-1-5-11-19,20-12-6-2-7-13-20)21-14-8-3-9-15-21/h1-18H. The zero-order valence-electron chi connectivity index (χ0n) is 14.2. The lowest BCUT2D eigenvalue weighted by atomic mass is 9.76. The Morgan fingerprint density at radius 3 is 1.50 bits per heavy atom. The van der Waals surface area contributed by atoms with Crippen LogP contribution < -0.4 is 0 Å². The first kappa shape index (κ1) is 16.0. The molecule has 4 rings (SSSR count). The number of carbonyl (C=O) groups is 1. The number of carbonyl (C=O) groups excluding carboxylic acids is 1. The minimum absolute atomic E-state index is 0.529. The van der Waals surface area contributed by atoms with Crippen LogP contribution in [0.1, 0.15) is 27.2 Å². The van der Waals surface area contributed by atoms with Gasteiger partial charge in [-0.3, -0.25) is 4.79 Å². The fraction of sp³-hybridized carbons (Fsp3) is 0.0435. The Morgan fingerprint density at radius 2 is 1.12 bits per heavy atom. The van der Waals surface area contributed by atoms with E-state index in [9.17, 15) is 4.79 Å². The van der Waals surface area contributed by atoms with Gasteiger partial charge < -0.3 is 4.57 Å². The molecule has 3 heteroatoms. The predicted octanol–water partition coefficient (Wildman–Crippen LogP) is 4.54. The molecule has 0 atom stereocenters. The zero-order valence-corrected chi connectivity index (χ0v) is 14.2. The van der Waals surface area contributed by atoms with Crippen LogP contribution in [0.4, 0.5) is 0 Å². The maximum atomic E-state index is 11.8. The zero-order chi connectivity index (χ0) is 17.8. The highest BCUT2D eigenvalue weighted by atomic mass is 16.1. The Bertz CT molecular complexity index is 895. The van der Waals surface area contributed by atoms with Gasteiger partial charge in [-0.1, -0.05) is 91.0 Å². The summed E-state index contributed by atoms with van der Waals surface area (Å²) in [6, 6.07) is 30.7. The van der Waals surface area contributed by atoms with E-state index in [0.29, 0.717) is 5.69 Å². The molecule has 3 aromatic carbocycles. The second-order valence-electron chi connectivity index (χ2n) is 6.11. The van der Waals surface area contributed by atoms with Crippen molar-refractivity contribution in [3.05, 3.63) is 126 Å². The van der Waals surface area contributed by atoms with Crippen molar-refractivity contribution in [3.8, 4) is 0 Å². The lowest BCUT2D eigenvalue weighted by Crippen LogP contribution is -2.38. The summed E-state index contributed by atoms with van der Waals surface area (Å²) in [5.74, 6) is 0. The average molecular weight is 338 g/mol. The molecule has 0 spiro atoms. The molecule has 4 aromatic rings. The lowest BCUT2D eigenvalue weighted by molar-refractivity contribution is 0.111. The van der Waals surface area contributed by atoms with Gasteiger partial charge in [0.15, 0.2) is 6.29 Å². The van der Waals surface area contributed by atoms with E-state index in [1.54, 1.807) is 12.5 Å². The molecule has 0 unspecified atom stereocenters. The first-order valence-electron chi connectivity index (χ1n) is 8.52. The van der Waals surface area contributed by atoms with Crippen LogP contribution in [0, 0.1) is 0 Å². The van der Waals surface area contributed by atoms with Gasteiger partial charge in [0.05, 0.1) is 12.5 Å². The van der Waals surface area contributed by atoms with Gasteiger partial charge in [-0.2, -0.15) is 0 Å². The van der Waals surface area contributed by atoms with Crippen LogP contribution in [0.3, 0.4) is 0 Å². The topological polar surface area (TPSA) is 34.9 Å². The SMILES string of the molecule is O=Cc1cncn1C(c1ccccc1)(c1ccccc1)c1ccccc1. The normalized spacial score (nSPS) is 11.2. The summed E-state index contributed by atoms with van der Waals surface area (Å²) >= 11 is 0. The van der Waals surface area contributed by atoms with Crippen LogP contribution in [0.15, 0.2) is 104 Å². The number of benzene rings is 3. The van der Waals surface area contributed by atoms with Crippen LogP contribution >= 0.6 is 0 Å². The van der Waals surface area contributed by atoms with Crippen molar-refractivity contribution in [2.75, 3.05) is 0 Å². The molecule has 0 aliphatic carbocycles. The highest BCUT2D eigenvalue weighted by molar-refractivity contribution is 5.73. The molecule has 26 heavy (non-hydrogen) atoms. The number of hydrogen-bond acceptors (Lipinski definition) is 2. The Hall–Kier alpha value is -3.46. The third kappa shape index (κ3) is 2.45. The molecule has 0 fully saturated rings. The Morgan fingerprint density at radius 1 is 0.692 bits per heavy atom. The Balaban J connectivity index is 2.16. The Labute approximate surface area is 152 Å². The monoisotopic (exact) mass is 338 g/mol. The van der Waals surface area contributed by atoms with Gasteiger partial charge in [0.25, 0.3) is 0 Å². The molecule has 0 saturated heterocycles. The number of hydrogen-bond donors (Lipinski definition) is 0. The van der Waals surface area contributed by atoms with E-state index in [4.69, 9.17) is 0 Å². The molecule has 3 nitrogen and oxygen atoms in total. The van der Waals surface area contributed by atoms with Crippen LogP contribution in [-0.4, -0.2) is 15.8 Å². The first-order valence-corrected chi connectivity index (χ1v) is 8.52. The molecule has 0 amide bonds. The summed E-state index contributed by atoms with van der Waals surface area (Å²) in [5, 5.41) is 0. The number of aldehydes is 1. The van der Waals surface area contributed by atoms with Crippen molar-refractivity contribution in [3.63, 3.8) is 0 Å². The summed E-state index contributed by atoms with van der Waals surface area (Å²) in [4.78, 5) is 16.0. The van der Waals surface area contributed by atoms with Gasteiger partial charge >= 0.3 is 0 Å². The maximum Gasteiger partial charge on any atom is 0.168 e. The molecule has 0 N–H and O–H groups in total. The summed E-state index contributed by atoms with van der Waals surface area (Å²) in [5.41, 5.74) is 3.05. The third-order valence-electron chi connectivity index (χ3n) is 4.72. The Kier molecular flexibility index (Phi) is 4.20. The fourth-order valence-corrected chi connectivity index (χ4v) is 3.63. The molecular formula is C23H18N2O. The van der Waals surface area contributed by atoms with Crippen LogP contribution in [0.5, 0.6) is 0 Å². The van der Waals surface area contributed by atoms with Gasteiger partial charge in [0.2, 0.25) is 0 Å². The quantitative estimate of drug-likeness (QED) is 0.396. The first-order chi connectivity index (χ1) is 12.9. The number of aromatic nitrogens is 2. The second kappa shape index (κ2) is 6.81. The molecule has 0 radical (unpaired) electrons. The second-order valence-corrected chi connectivity index (χ2v) is 6.11. The van der Waals surface area contributed by atoms with Gasteiger partial charge in [-0.15, -0.1) is 0 Å². The van der Waals surface area contributed by atoms with Crippen molar-refractivity contribution in [2.24, 2.45) is 0 Å². The maximum absolute atomic E-state index is 11.8. The van der Waals surface area contributed by atoms with Gasteiger partial charge in [0, 0.05) is 0 Å². The number of imidazole rings is 1. The molecular weight excluding hydrogens is 320 g/mol. The molecule has 126 valence electrons. The predicted molar refractivity (Wildman–Crippen MR) is 102 cm³/mol. The minimum atomic E-state index is -0.684. The van der Waals surface area contributed by atoms with E-state index in [1.165, 1.54) is 0 Å². The molecule has 1 heterocycles. The number of rotatable bonds is 5. The van der Waals surface area contributed by atoms with E-state index in [2.05, 4.69) is 41.4 Å². The van der Waals surface area contributed by atoms with Crippen molar-refractivity contribution in [2.45, 2.75) is 5.54 Å². The lowest BCUT2D eigenvalue weighted by Gasteiger charge is -2.38. The van der Waals surface area contributed by atoms with Crippen molar-refractivity contribution in [1.82, 2.24) is 9.55 Å². The highest BCUT2D eigenvalue weighted by Gasteiger charge is 2.39. The smallest absolute Gasteiger partial charge is 0.168 e. The fourth-order valence-electron chi connectivity index (χ4n) is 3.63. The van der Waals surface area contributed by atoms with Crippen LogP contribution in [0.2, 0.25) is 0 Å². The van der Waals surface area contributed by atoms with Gasteiger partial charge in [-0.05, 0) is 16.7 Å². The van der Waals surface area contributed by atoms with Crippen molar-refractivity contribution < 1.29 is 4.79 Å². The minimum Gasteiger partial charge on any atom is -0.310 e. The summed E-state index contributed by atoms with van der Waals surface area (Å²) < 4.78 is 1.96. The average Bonchev–Trinajstić information content (AvgIpc) is 3.20. The van der Waals surface area contributed by atoms with E-state index < -0.39 is 5.54 Å². The summed E-state index contributed by atoms with van der Waals surface area (Å²) in [7, 11) is 0. The summed E-state index contributed by atoms with van der Waals surface area (Å²) in [6.07, 6.45) is 4.20. The van der Waals surface area contributed by atoms with E-state index in [1.807, 2.05) is 59.2 Å². The van der Waals surface area contributed by atoms with Crippen molar-refractivity contribution >= 4 is 6.29 Å². The molecule has 0 bridgehead atoms. The molecule has 0 aliphatic heterocycles. The third-order valence-corrected chi connectivity index (χ3v) is 4.72. The molecule has 0 aliphatic rings. The largest absolute Gasteiger partial charge is 0.310 e. The number of nitrogens with zero attached hydrogens (tertiary/aromatic N) is 2.